The van der Waals surface area contributed by atoms with Crippen LogP contribution >= 0.6 is 0 Å². The Morgan fingerprint density at radius 2 is 2.07 bits per heavy atom. The fourth-order valence-electron chi connectivity index (χ4n) is 2.71. The Bertz CT molecular complexity index is 229. The zero-order valence-electron chi connectivity index (χ0n) is 10.2. The summed E-state index contributed by atoms with van der Waals surface area (Å²) in [5, 5.41) is 20.3. The van der Waals surface area contributed by atoms with E-state index < -0.39 is 5.60 Å². The van der Waals surface area contributed by atoms with Gasteiger partial charge in [-0.15, -0.1) is 6.58 Å². The van der Waals surface area contributed by atoms with E-state index in [1.807, 2.05) is 0 Å². The van der Waals surface area contributed by atoms with Gasteiger partial charge < -0.3 is 10.2 Å². The van der Waals surface area contributed by atoms with Crippen molar-refractivity contribution in [3.8, 4) is 0 Å². The molecule has 0 aromatic rings. The fourth-order valence-corrected chi connectivity index (χ4v) is 2.71. The number of hydrogen-bond donors (Lipinski definition) is 2. The van der Waals surface area contributed by atoms with Gasteiger partial charge in [0.1, 0.15) is 0 Å². The van der Waals surface area contributed by atoms with Crippen molar-refractivity contribution in [3.05, 3.63) is 12.7 Å². The molecule has 2 N–H and O–H groups in total. The summed E-state index contributed by atoms with van der Waals surface area (Å²) in [5.74, 6) is 0.294. The molecule has 15 heavy (non-hydrogen) atoms. The van der Waals surface area contributed by atoms with Crippen LogP contribution in [0.4, 0.5) is 0 Å². The van der Waals surface area contributed by atoms with E-state index in [-0.39, 0.29) is 11.5 Å². The van der Waals surface area contributed by atoms with E-state index >= 15 is 0 Å². The van der Waals surface area contributed by atoms with Gasteiger partial charge in [0.25, 0.3) is 0 Å². The average molecular weight is 212 g/mol. The molecule has 0 saturated heterocycles. The summed E-state index contributed by atoms with van der Waals surface area (Å²) in [4.78, 5) is 0. The zero-order chi connectivity index (χ0) is 11.7. The largest absolute Gasteiger partial charge is 0.393 e. The SMILES string of the molecule is C=CC[C@@]1(O)CC[C@@H](C(C)(C)C)[C@H](O)C1. The van der Waals surface area contributed by atoms with Crippen LogP contribution in [-0.4, -0.2) is 21.9 Å². The second-order valence-electron chi connectivity index (χ2n) is 6.00. The normalized spacial score (nSPS) is 37.7. The molecule has 1 fully saturated rings. The summed E-state index contributed by atoms with van der Waals surface area (Å²) in [6.45, 7) is 10.1. The van der Waals surface area contributed by atoms with Gasteiger partial charge in [-0.25, -0.2) is 0 Å². The van der Waals surface area contributed by atoms with Crippen molar-refractivity contribution >= 4 is 0 Å². The van der Waals surface area contributed by atoms with Crippen molar-refractivity contribution in [2.24, 2.45) is 11.3 Å². The molecule has 0 radical (unpaired) electrons. The van der Waals surface area contributed by atoms with Crippen molar-refractivity contribution < 1.29 is 10.2 Å². The van der Waals surface area contributed by atoms with Crippen LogP contribution in [0, 0.1) is 11.3 Å². The fraction of sp³-hybridized carbons (Fsp3) is 0.846. The minimum Gasteiger partial charge on any atom is -0.393 e. The number of aliphatic hydroxyl groups is 2. The second kappa shape index (κ2) is 4.26. The third kappa shape index (κ3) is 3.05. The van der Waals surface area contributed by atoms with Gasteiger partial charge in [-0.2, -0.15) is 0 Å². The predicted molar refractivity (Wildman–Crippen MR) is 62.6 cm³/mol. The van der Waals surface area contributed by atoms with Crippen molar-refractivity contribution in [2.45, 2.75) is 58.2 Å². The molecule has 0 spiro atoms. The molecule has 1 saturated carbocycles. The molecule has 3 atom stereocenters. The predicted octanol–water partition coefficient (Wildman–Crippen LogP) is 2.50. The highest BCUT2D eigenvalue weighted by molar-refractivity contribution is 4.97. The minimum atomic E-state index is -0.719. The number of hydrogen-bond acceptors (Lipinski definition) is 2. The first-order chi connectivity index (χ1) is 6.78. The molecule has 0 aliphatic heterocycles. The Kier molecular flexibility index (Phi) is 3.62. The summed E-state index contributed by atoms with van der Waals surface area (Å²) in [6.07, 6.45) is 4.10. The van der Waals surface area contributed by atoms with E-state index in [1.165, 1.54) is 0 Å². The first-order valence-electron chi connectivity index (χ1n) is 5.80. The van der Waals surface area contributed by atoms with Crippen LogP contribution in [0.3, 0.4) is 0 Å². The molecule has 0 heterocycles. The molecule has 0 unspecified atom stereocenters. The number of aliphatic hydroxyl groups excluding tert-OH is 1. The molecule has 2 heteroatoms. The summed E-state index contributed by atoms with van der Waals surface area (Å²) in [7, 11) is 0. The van der Waals surface area contributed by atoms with Gasteiger partial charge in [0.15, 0.2) is 0 Å². The lowest BCUT2D eigenvalue weighted by molar-refractivity contribution is -0.0910. The molecule has 0 bridgehead atoms. The lowest BCUT2D eigenvalue weighted by Gasteiger charge is -2.44. The van der Waals surface area contributed by atoms with Crippen molar-refractivity contribution in [1.82, 2.24) is 0 Å². The molecular weight excluding hydrogens is 188 g/mol. The third-order valence-corrected chi connectivity index (χ3v) is 3.61. The third-order valence-electron chi connectivity index (χ3n) is 3.61. The minimum absolute atomic E-state index is 0.120. The van der Waals surface area contributed by atoms with Crippen LogP contribution in [0.5, 0.6) is 0 Å². The summed E-state index contributed by atoms with van der Waals surface area (Å²) < 4.78 is 0. The molecule has 88 valence electrons. The number of rotatable bonds is 2. The van der Waals surface area contributed by atoms with Crippen LogP contribution in [0.2, 0.25) is 0 Å². The highest BCUT2D eigenvalue weighted by Gasteiger charge is 2.42. The van der Waals surface area contributed by atoms with Crippen molar-refractivity contribution in [1.29, 1.82) is 0 Å². The molecule has 1 aliphatic rings. The Morgan fingerprint density at radius 1 is 1.47 bits per heavy atom. The Hall–Kier alpha value is -0.340. The first-order valence-corrected chi connectivity index (χ1v) is 5.80. The smallest absolute Gasteiger partial charge is 0.0706 e. The molecule has 1 rings (SSSR count). The van der Waals surface area contributed by atoms with Gasteiger partial charge in [0, 0.05) is 6.42 Å². The van der Waals surface area contributed by atoms with Gasteiger partial charge in [-0.3, -0.25) is 0 Å². The maximum absolute atomic E-state index is 10.2. The monoisotopic (exact) mass is 212 g/mol. The zero-order valence-corrected chi connectivity index (χ0v) is 10.2. The lowest BCUT2D eigenvalue weighted by Crippen LogP contribution is -2.45. The first kappa shape index (κ1) is 12.7. The topological polar surface area (TPSA) is 40.5 Å². The van der Waals surface area contributed by atoms with Crippen LogP contribution in [-0.2, 0) is 0 Å². The van der Waals surface area contributed by atoms with Crippen molar-refractivity contribution in [2.75, 3.05) is 0 Å². The summed E-state index contributed by atoms with van der Waals surface area (Å²) >= 11 is 0. The molecule has 0 aromatic heterocycles. The highest BCUT2D eigenvalue weighted by atomic mass is 16.3. The Balaban J connectivity index is 2.66. The van der Waals surface area contributed by atoms with Crippen LogP contribution < -0.4 is 0 Å². The van der Waals surface area contributed by atoms with Gasteiger partial charge in [0.2, 0.25) is 0 Å². The van der Waals surface area contributed by atoms with Gasteiger partial charge in [-0.1, -0.05) is 26.8 Å². The van der Waals surface area contributed by atoms with E-state index in [0.29, 0.717) is 18.8 Å². The molecule has 2 nitrogen and oxygen atoms in total. The second-order valence-corrected chi connectivity index (χ2v) is 6.00. The van der Waals surface area contributed by atoms with Gasteiger partial charge >= 0.3 is 0 Å². The Labute approximate surface area is 93.0 Å². The van der Waals surface area contributed by atoms with Gasteiger partial charge in [0.05, 0.1) is 11.7 Å². The standard InChI is InChI=1S/C13H24O2/c1-5-7-13(15)8-6-10(11(14)9-13)12(2,3)4/h5,10-11,14-15H,1,6-9H2,2-4H3/t10-,11-,13-/m1/s1. The lowest BCUT2D eigenvalue weighted by atomic mass is 9.66. The van der Waals surface area contributed by atoms with Crippen molar-refractivity contribution in [3.63, 3.8) is 0 Å². The quantitative estimate of drug-likeness (QED) is 0.690. The summed E-state index contributed by atoms with van der Waals surface area (Å²) in [5.41, 5.74) is -0.599. The average Bonchev–Trinajstić information content (AvgIpc) is 2.00. The Morgan fingerprint density at radius 3 is 2.47 bits per heavy atom. The summed E-state index contributed by atoms with van der Waals surface area (Å²) in [6, 6.07) is 0. The van der Waals surface area contributed by atoms with E-state index in [4.69, 9.17) is 0 Å². The van der Waals surface area contributed by atoms with E-state index in [1.54, 1.807) is 6.08 Å². The maximum Gasteiger partial charge on any atom is 0.0706 e. The molecule has 1 aliphatic carbocycles. The van der Waals surface area contributed by atoms with Crippen LogP contribution in [0.25, 0.3) is 0 Å². The van der Waals surface area contributed by atoms with E-state index in [2.05, 4.69) is 27.4 Å². The molecule has 0 amide bonds. The highest BCUT2D eigenvalue weighted by Crippen LogP contribution is 2.42. The molecular formula is C13H24O2. The van der Waals surface area contributed by atoms with Crippen LogP contribution in [0.15, 0.2) is 12.7 Å². The van der Waals surface area contributed by atoms with Crippen LogP contribution in [0.1, 0.15) is 46.5 Å². The van der Waals surface area contributed by atoms with E-state index in [0.717, 1.165) is 12.8 Å². The van der Waals surface area contributed by atoms with E-state index in [9.17, 15) is 10.2 Å². The van der Waals surface area contributed by atoms with Gasteiger partial charge in [-0.05, 0) is 30.6 Å². The maximum atomic E-state index is 10.2. The molecule has 0 aromatic carbocycles.